The van der Waals surface area contributed by atoms with E-state index in [2.05, 4.69) is 20.2 Å². The SMILES string of the molecule is Cc1nc(OCCCC2CCN(c3ccc(Cl)cn3)CC2)ccc1C(=O)NC(CO)CO. The Bertz CT molecular complexity index is 869. The summed E-state index contributed by atoms with van der Waals surface area (Å²) in [6.07, 6.45) is 6.00. The Kier molecular flexibility index (Phi) is 9.08. The smallest absolute Gasteiger partial charge is 0.253 e. The van der Waals surface area contributed by atoms with Crippen molar-refractivity contribution < 1.29 is 19.7 Å². The zero-order valence-electron chi connectivity index (χ0n) is 18.3. The molecule has 1 amide bonds. The first-order valence-electron chi connectivity index (χ1n) is 11.0. The molecule has 2 aromatic heterocycles. The van der Waals surface area contributed by atoms with Gasteiger partial charge in [-0.3, -0.25) is 4.79 Å². The van der Waals surface area contributed by atoms with Crippen LogP contribution in [-0.2, 0) is 0 Å². The molecule has 0 bridgehead atoms. The number of carbonyl (C=O) groups is 1. The van der Waals surface area contributed by atoms with Crippen LogP contribution in [0.4, 0.5) is 5.82 Å². The molecule has 3 N–H and O–H groups in total. The Balaban J connectivity index is 1.38. The van der Waals surface area contributed by atoms with Gasteiger partial charge in [0, 0.05) is 25.4 Å². The summed E-state index contributed by atoms with van der Waals surface area (Å²) in [6.45, 7) is 3.65. The van der Waals surface area contributed by atoms with Crippen molar-refractivity contribution in [2.24, 2.45) is 5.92 Å². The average molecular weight is 463 g/mol. The van der Waals surface area contributed by atoms with E-state index in [1.165, 1.54) is 0 Å². The molecule has 1 saturated heterocycles. The third kappa shape index (κ3) is 6.79. The monoisotopic (exact) mass is 462 g/mol. The van der Waals surface area contributed by atoms with Crippen LogP contribution in [0.3, 0.4) is 0 Å². The number of halogens is 1. The van der Waals surface area contributed by atoms with Crippen molar-refractivity contribution in [1.82, 2.24) is 15.3 Å². The molecule has 1 aliphatic rings. The van der Waals surface area contributed by atoms with Crippen molar-refractivity contribution in [1.29, 1.82) is 0 Å². The number of ether oxygens (including phenoxy) is 1. The highest BCUT2D eigenvalue weighted by Gasteiger charge is 2.20. The van der Waals surface area contributed by atoms with Gasteiger partial charge in [0.15, 0.2) is 0 Å². The topological polar surface area (TPSA) is 108 Å². The van der Waals surface area contributed by atoms with Crippen molar-refractivity contribution in [2.75, 3.05) is 37.8 Å². The summed E-state index contributed by atoms with van der Waals surface area (Å²) in [5.74, 6) is 1.77. The minimum atomic E-state index is -0.688. The van der Waals surface area contributed by atoms with Crippen LogP contribution in [0.2, 0.25) is 5.02 Å². The van der Waals surface area contributed by atoms with Gasteiger partial charge in [0.2, 0.25) is 5.88 Å². The van der Waals surface area contributed by atoms with Gasteiger partial charge < -0.3 is 25.2 Å². The van der Waals surface area contributed by atoms with E-state index < -0.39 is 6.04 Å². The highest BCUT2D eigenvalue weighted by Crippen LogP contribution is 2.25. The first-order chi connectivity index (χ1) is 15.5. The summed E-state index contributed by atoms with van der Waals surface area (Å²) in [4.78, 5) is 23.3. The van der Waals surface area contributed by atoms with E-state index in [4.69, 9.17) is 26.6 Å². The summed E-state index contributed by atoms with van der Waals surface area (Å²) >= 11 is 5.92. The molecular formula is C23H31ClN4O4. The van der Waals surface area contributed by atoms with Gasteiger partial charge in [0.25, 0.3) is 5.91 Å². The third-order valence-corrected chi connectivity index (χ3v) is 5.96. The quantitative estimate of drug-likeness (QED) is 0.466. The molecule has 0 saturated carbocycles. The predicted molar refractivity (Wildman–Crippen MR) is 123 cm³/mol. The maximum absolute atomic E-state index is 12.2. The molecule has 3 rings (SSSR count). The van der Waals surface area contributed by atoms with Crippen LogP contribution in [0, 0.1) is 12.8 Å². The number of amides is 1. The molecule has 0 aliphatic carbocycles. The highest BCUT2D eigenvalue weighted by atomic mass is 35.5. The largest absolute Gasteiger partial charge is 0.478 e. The van der Waals surface area contributed by atoms with Crippen molar-refractivity contribution >= 4 is 23.3 Å². The number of aromatic nitrogens is 2. The van der Waals surface area contributed by atoms with Gasteiger partial charge in [0.1, 0.15) is 5.82 Å². The van der Waals surface area contributed by atoms with E-state index in [9.17, 15) is 4.79 Å². The fourth-order valence-corrected chi connectivity index (χ4v) is 3.94. The second-order valence-corrected chi connectivity index (χ2v) is 8.51. The number of nitrogens with one attached hydrogen (secondary N) is 1. The lowest BCUT2D eigenvalue weighted by molar-refractivity contribution is 0.0878. The number of rotatable bonds is 10. The molecule has 9 heteroatoms. The third-order valence-electron chi connectivity index (χ3n) is 5.74. The first kappa shape index (κ1) is 24.2. The van der Waals surface area contributed by atoms with Crippen LogP contribution < -0.4 is 15.0 Å². The predicted octanol–water partition coefficient (Wildman–Crippen LogP) is 2.60. The van der Waals surface area contributed by atoms with Crippen LogP contribution in [-0.4, -0.2) is 65.0 Å². The Hall–Kier alpha value is -2.42. The molecule has 32 heavy (non-hydrogen) atoms. The highest BCUT2D eigenvalue weighted by molar-refractivity contribution is 6.30. The maximum Gasteiger partial charge on any atom is 0.253 e. The second kappa shape index (κ2) is 12.0. The summed E-state index contributed by atoms with van der Waals surface area (Å²) in [7, 11) is 0. The Morgan fingerprint density at radius 1 is 1.25 bits per heavy atom. The second-order valence-electron chi connectivity index (χ2n) is 8.07. The molecule has 0 spiro atoms. The number of aliphatic hydroxyl groups is 2. The lowest BCUT2D eigenvalue weighted by Gasteiger charge is -2.32. The van der Waals surface area contributed by atoms with Gasteiger partial charge in [-0.2, -0.15) is 0 Å². The van der Waals surface area contributed by atoms with Crippen LogP contribution >= 0.6 is 11.6 Å². The number of hydrogen-bond donors (Lipinski definition) is 3. The lowest BCUT2D eigenvalue weighted by Crippen LogP contribution is -2.40. The van der Waals surface area contributed by atoms with Crippen LogP contribution in [0.5, 0.6) is 5.88 Å². The van der Waals surface area contributed by atoms with Crippen molar-refractivity contribution in [2.45, 2.75) is 38.6 Å². The molecule has 0 atom stereocenters. The van der Waals surface area contributed by atoms with Crippen LogP contribution in [0.1, 0.15) is 41.7 Å². The molecule has 8 nitrogen and oxygen atoms in total. The zero-order valence-corrected chi connectivity index (χ0v) is 19.1. The lowest BCUT2D eigenvalue weighted by atomic mass is 9.92. The number of aliphatic hydroxyl groups excluding tert-OH is 2. The van der Waals surface area contributed by atoms with Gasteiger partial charge in [-0.1, -0.05) is 11.6 Å². The summed E-state index contributed by atoms with van der Waals surface area (Å²) in [5, 5.41) is 21.4. The number of anilines is 1. The number of nitrogens with zero attached hydrogens (tertiary/aromatic N) is 3. The van der Waals surface area contributed by atoms with E-state index in [-0.39, 0.29) is 19.1 Å². The maximum atomic E-state index is 12.2. The summed E-state index contributed by atoms with van der Waals surface area (Å²) < 4.78 is 5.78. The number of pyridine rings is 2. The van der Waals surface area contributed by atoms with Crippen LogP contribution in [0.25, 0.3) is 0 Å². The van der Waals surface area contributed by atoms with Gasteiger partial charge in [-0.05, 0) is 56.7 Å². The normalized spacial score (nSPS) is 14.6. The van der Waals surface area contributed by atoms with Crippen LogP contribution in [0.15, 0.2) is 30.5 Å². The fourth-order valence-electron chi connectivity index (χ4n) is 3.83. The number of carbonyl (C=O) groups excluding carboxylic acids is 1. The Morgan fingerprint density at radius 3 is 2.62 bits per heavy atom. The van der Waals surface area contributed by atoms with Gasteiger partial charge in [-0.15, -0.1) is 0 Å². The molecule has 3 heterocycles. The average Bonchev–Trinajstić information content (AvgIpc) is 2.81. The Labute approximate surface area is 193 Å². The number of piperidine rings is 1. The Morgan fingerprint density at radius 2 is 2.00 bits per heavy atom. The standard InChI is InChI=1S/C23H31ClN4O4/c1-16-20(23(31)27-19(14-29)15-30)5-7-22(26-16)32-12-2-3-17-8-10-28(11-9-17)21-6-4-18(24)13-25-21/h4-7,13,17,19,29-30H,2-3,8-12,14-15H2,1H3,(H,27,31). The molecule has 0 radical (unpaired) electrons. The zero-order chi connectivity index (χ0) is 22.9. The molecular weight excluding hydrogens is 432 g/mol. The minimum absolute atomic E-state index is 0.326. The first-order valence-corrected chi connectivity index (χ1v) is 11.4. The van der Waals surface area contributed by atoms with Crippen molar-refractivity contribution in [3.05, 3.63) is 46.7 Å². The van der Waals surface area contributed by atoms with Crippen molar-refractivity contribution in [3.63, 3.8) is 0 Å². The van der Waals surface area contributed by atoms with Gasteiger partial charge in [-0.25, -0.2) is 9.97 Å². The summed E-state index contributed by atoms with van der Waals surface area (Å²) in [6, 6.07) is 6.49. The van der Waals surface area contributed by atoms with Gasteiger partial charge in [0.05, 0.1) is 42.1 Å². The molecule has 174 valence electrons. The fraction of sp³-hybridized carbons (Fsp3) is 0.522. The van der Waals surface area contributed by atoms with E-state index in [0.717, 1.165) is 44.6 Å². The van der Waals surface area contributed by atoms with E-state index in [1.54, 1.807) is 25.3 Å². The van der Waals surface area contributed by atoms with E-state index in [0.29, 0.717) is 34.7 Å². The van der Waals surface area contributed by atoms with Crippen molar-refractivity contribution in [3.8, 4) is 5.88 Å². The summed E-state index contributed by atoms with van der Waals surface area (Å²) in [5.41, 5.74) is 0.934. The molecule has 1 fully saturated rings. The number of aryl methyl sites for hydroxylation is 1. The number of hydrogen-bond acceptors (Lipinski definition) is 7. The van der Waals surface area contributed by atoms with E-state index >= 15 is 0 Å². The molecule has 2 aromatic rings. The molecule has 1 aliphatic heterocycles. The molecule has 0 aromatic carbocycles. The minimum Gasteiger partial charge on any atom is -0.478 e. The van der Waals surface area contributed by atoms with Gasteiger partial charge >= 0.3 is 0 Å². The van der Waals surface area contributed by atoms with E-state index in [1.807, 2.05) is 12.1 Å². The molecule has 0 unspecified atom stereocenters.